The van der Waals surface area contributed by atoms with Crippen molar-refractivity contribution in [2.24, 2.45) is 5.73 Å². The largest absolute Gasteiger partial charge is 0.330 e. The molecule has 20 heavy (non-hydrogen) atoms. The monoisotopic (exact) mass is 265 g/mol. The molecule has 3 rings (SSSR count). The zero-order chi connectivity index (χ0) is 13.8. The van der Waals surface area contributed by atoms with Gasteiger partial charge in [-0.1, -0.05) is 42.5 Å². The number of nitrogens with zero attached hydrogens (tertiary/aromatic N) is 2. The van der Waals surface area contributed by atoms with Crippen molar-refractivity contribution in [2.75, 3.05) is 6.54 Å². The van der Waals surface area contributed by atoms with Crippen molar-refractivity contribution in [1.29, 1.82) is 0 Å². The smallest absolute Gasteiger partial charge is 0.111 e. The van der Waals surface area contributed by atoms with Crippen LogP contribution < -0.4 is 5.73 Å². The van der Waals surface area contributed by atoms with Crippen LogP contribution in [0.4, 0.5) is 0 Å². The van der Waals surface area contributed by atoms with E-state index < -0.39 is 0 Å². The molecule has 0 atom stereocenters. The van der Waals surface area contributed by atoms with Crippen LogP contribution in [0.3, 0.4) is 0 Å². The standard InChI is InChI=1S/C17H19N3/c18-12-10-17-19-15-8-4-5-9-16(15)20(17)13-11-14-6-2-1-3-7-14/h1-9H,10-13,18H2. The van der Waals surface area contributed by atoms with Crippen LogP contribution in [-0.2, 0) is 19.4 Å². The van der Waals surface area contributed by atoms with Crippen molar-refractivity contribution in [3.8, 4) is 0 Å². The van der Waals surface area contributed by atoms with Crippen LogP contribution >= 0.6 is 0 Å². The molecule has 1 heterocycles. The van der Waals surface area contributed by atoms with Gasteiger partial charge in [-0.15, -0.1) is 0 Å². The number of fused-ring (bicyclic) bond motifs is 1. The van der Waals surface area contributed by atoms with Crippen LogP contribution in [-0.4, -0.2) is 16.1 Å². The summed E-state index contributed by atoms with van der Waals surface area (Å²) in [5, 5.41) is 0. The second-order valence-corrected chi connectivity index (χ2v) is 4.94. The Labute approximate surface area is 119 Å². The molecular weight excluding hydrogens is 246 g/mol. The summed E-state index contributed by atoms with van der Waals surface area (Å²) in [6, 6.07) is 18.9. The molecule has 0 aliphatic rings. The minimum atomic E-state index is 0.634. The molecule has 3 aromatic rings. The van der Waals surface area contributed by atoms with Gasteiger partial charge in [0.25, 0.3) is 0 Å². The van der Waals surface area contributed by atoms with E-state index in [-0.39, 0.29) is 0 Å². The fourth-order valence-corrected chi connectivity index (χ4v) is 2.58. The number of aryl methyl sites for hydroxylation is 2. The van der Waals surface area contributed by atoms with Gasteiger partial charge in [0.1, 0.15) is 5.82 Å². The van der Waals surface area contributed by atoms with E-state index >= 15 is 0 Å². The average Bonchev–Trinajstić information content (AvgIpc) is 2.84. The quantitative estimate of drug-likeness (QED) is 0.771. The van der Waals surface area contributed by atoms with E-state index in [1.807, 2.05) is 6.07 Å². The zero-order valence-corrected chi connectivity index (χ0v) is 11.5. The van der Waals surface area contributed by atoms with Crippen molar-refractivity contribution in [1.82, 2.24) is 9.55 Å². The van der Waals surface area contributed by atoms with Crippen LogP contribution in [0.25, 0.3) is 11.0 Å². The van der Waals surface area contributed by atoms with Crippen LogP contribution in [0, 0.1) is 0 Å². The lowest BCUT2D eigenvalue weighted by atomic mass is 10.1. The highest BCUT2D eigenvalue weighted by atomic mass is 15.1. The Morgan fingerprint density at radius 1 is 0.900 bits per heavy atom. The highest BCUT2D eigenvalue weighted by Crippen LogP contribution is 2.17. The zero-order valence-electron chi connectivity index (χ0n) is 11.5. The Morgan fingerprint density at radius 2 is 1.65 bits per heavy atom. The van der Waals surface area contributed by atoms with Crippen molar-refractivity contribution in [3.63, 3.8) is 0 Å². The van der Waals surface area contributed by atoms with Gasteiger partial charge in [0, 0.05) is 13.0 Å². The maximum Gasteiger partial charge on any atom is 0.111 e. The van der Waals surface area contributed by atoms with E-state index in [0.29, 0.717) is 6.54 Å². The number of hydrogen-bond acceptors (Lipinski definition) is 2. The first-order chi connectivity index (χ1) is 9.88. The van der Waals surface area contributed by atoms with Gasteiger partial charge in [0.05, 0.1) is 11.0 Å². The molecule has 1 aromatic heterocycles. The predicted octanol–water partition coefficient (Wildman–Crippen LogP) is 2.78. The molecule has 0 aliphatic carbocycles. The third-order valence-electron chi connectivity index (χ3n) is 3.57. The molecule has 3 heteroatoms. The van der Waals surface area contributed by atoms with Crippen molar-refractivity contribution < 1.29 is 0 Å². The molecule has 0 saturated heterocycles. The molecular formula is C17H19N3. The number of imidazole rings is 1. The Kier molecular flexibility index (Phi) is 3.79. The first-order valence-corrected chi connectivity index (χ1v) is 7.06. The molecule has 2 aromatic carbocycles. The van der Waals surface area contributed by atoms with Crippen LogP contribution in [0.1, 0.15) is 11.4 Å². The SMILES string of the molecule is NCCc1nc2ccccc2n1CCc1ccccc1. The summed E-state index contributed by atoms with van der Waals surface area (Å²) < 4.78 is 2.30. The van der Waals surface area contributed by atoms with Gasteiger partial charge in [-0.05, 0) is 30.7 Å². The van der Waals surface area contributed by atoms with E-state index in [9.17, 15) is 0 Å². The molecule has 0 radical (unpaired) electrons. The summed E-state index contributed by atoms with van der Waals surface area (Å²) in [4.78, 5) is 4.70. The number of aromatic nitrogens is 2. The highest BCUT2D eigenvalue weighted by molar-refractivity contribution is 5.75. The van der Waals surface area contributed by atoms with Gasteiger partial charge >= 0.3 is 0 Å². The van der Waals surface area contributed by atoms with Gasteiger partial charge < -0.3 is 10.3 Å². The molecule has 3 nitrogen and oxygen atoms in total. The molecule has 0 bridgehead atoms. The topological polar surface area (TPSA) is 43.8 Å². The maximum atomic E-state index is 5.71. The summed E-state index contributed by atoms with van der Waals surface area (Å²) in [5.74, 6) is 1.09. The number of hydrogen-bond donors (Lipinski definition) is 1. The second-order valence-electron chi connectivity index (χ2n) is 4.94. The highest BCUT2D eigenvalue weighted by Gasteiger charge is 2.09. The third kappa shape index (κ3) is 2.58. The molecule has 0 spiro atoms. The molecule has 0 amide bonds. The minimum Gasteiger partial charge on any atom is -0.330 e. The lowest BCUT2D eigenvalue weighted by Crippen LogP contribution is -2.11. The van der Waals surface area contributed by atoms with Crippen molar-refractivity contribution >= 4 is 11.0 Å². The minimum absolute atomic E-state index is 0.634. The summed E-state index contributed by atoms with van der Waals surface area (Å²) in [7, 11) is 0. The Hall–Kier alpha value is -2.13. The van der Waals surface area contributed by atoms with Gasteiger partial charge in [-0.2, -0.15) is 0 Å². The van der Waals surface area contributed by atoms with E-state index in [1.54, 1.807) is 0 Å². The molecule has 0 saturated carbocycles. The average molecular weight is 265 g/mol. The molecule has 0 fully saturated rings. The molecule has 2 N–H and O–H groups in total. The number of para-hydroxylation sites is 2. The number of rotatable bonds is 5. The summed E-state index contributed by atoms with van der Waals surface area (Å²) >= 11 is 0. The van der Waals surface area contributed by atoms with Crippen LogP contribution in [0.5, 0.6) is 0 Å². The van der Waals surface area contributed by atoms with Crippen LogP contribution in [0.2, 0.25) is 0 Å². The first kappa shape index (κ1) is 12.9. The van der Waals surface area contributed by atoms with Gasteiger partial charge in [0.2, 0.25) is 0 Å². The maximum absolute atomic E-state index is 5.71. The lowest BCUT2D eigenvalue weighted by molar-refractivity contribution is 0.665. The summed E-state index contributed by atoms with van der Waals surface area (Å²) in [6.45, 7) is 1.58. The normalized spacial score (nSPS) is 11.1. The van der Waals surface area contributed by atoms with Gasteiger partial charge in [-0.3, -0.25) is 0 Å². The van der Waals surface area contributed by atoms with E-state index in [2.05, 4.69) is 53.1 Å². The van der Waals surface area contributed by atoms with E-state index in [0.717, 1.165) is 30.7 Å². The Morgan fingerprint density at radius 3 is 2.45 bits per heavy atom. The van der Waals surface area contributed by atoms with Crippen molar-refractivity contribution in [3.05, 3.63) is 66.0 Å². The number of benzene rings is 2. The lowest BCUT2D eigenvalue weighted by Gasteiger charge is -2.08. The third-order valence-corrected chi connectivity index (χ3v) is 3.57. The van der Waals surface area contributed by atoms with Gasteiger partial charge in [0.15, 0.2) is 0 Å². The fraction of sp³-hybridized carbons (Fsp3) is 0.235. The fourth-order valence-electron chi connectivity index (χ4n) is 2.58. The van der Waals surface area contributed by atoms with Crippen molar-refractivity contribution in [2.45, 2.75) is 19.4 Å². The summed E-state index contributed by atoms with van der Waals surface area (Å²) in [6.07, 6.45) is 1.84. The molecule has 0 aliphatic heterocycles. The van der Waals surface area contributed by atoms with E-state index in [4.69, 9.17) is 10.7 Å². The van der Waals surface area contributed by atoms with Gasteiger partial charge in [-0.25, -0.2) is 4.98 Å². The first-order valence-electron chi connectivity index (χ1n) is 7.06. The number of nitrogens with two attached hydrogens (primary N) is 1. The Bertz CT molecular complexity index is 686. The summed E-state index contributed by atoms with van der Waals surface area (Å²) in [5.41, 5.74) is 9.32. The Balaban J connectivity index is 1.90. The molecule has 102 valence electrons. The predicted molar refractivity (Wildman–Crippen MR) is 82.6 cm³/mol. The van der Waals surface area contributed by atoms with Crippen LogP contribution in [0.15, 0.2) is 54.6 Å². The molecule has 0 unspecified atom stereocenters. The van der Waals surface area contributed by atoms with E-state index in [1.165, 1.54) is 11.1 Å². The second kappa shape index (κ2) is 5.88.